The van der Waals surface area contributed by atoms with E-state index in [1.165, 1.54) is 4.31 Å². The molecule has 0 fully saturated rings. The van der Waals surface area contributed by atoms with Crippen molar-refractivity contribution >= 4 is 10.0 Å². The molecule has 1 rings (SSSR count). The molecule has 1 aromatic heterocycles. The molecule has 0 aliphatic heterocycles. The van der Waals surface area contributed by atoms with Crippen molar-refractivity contribution in [1.82, 2.24) is 14.2 Å². The van der Waals surface area contributed by atoms with E-state index in [9.17, 15) is 8.42 Å². The van der Waals surface area contributed by atoms with Crippen molar-refractivity contribution in [2.45, 2.75) is 52.1 Å². The number of sulfonamides is 1. The second kappa shape index (κ2) is 7.42. The van der Waals surface area contributed by atoms with E-state index in [2.05, 4.69) is 19.2 Å². The highest BCUT2D eigenvalue weighted by Crippen LogP contribution is 2.22. The second-order valence-corrected chi connectivity index (χ2v) is 8.17. The molecule has 21 heavy (non-hydrogen) atoms. The predicted molar refractivity (Wildman–Crippen MR) is 86.9 cm³/mol. The number of nitrogens with one attached hydrogen (secondary N) is 1. The van der Waals surface area contributed by atoms with Gasteiger partial charge in [0.2, 0.25) is 10.0 Å². The van der Waals surface area contributed by atoms with Gasteiger partial charge in [-0.05, 0) is 32.4 Å². The number of rotatable bonds is 8. The van der Waals surface area contributed by atoms with Gasteiger partial charge in [0, 0.05) is 38.1 Å². The summed E-state index contributed by atoms with van der Waals surface area (Å²) in [6.07, 6.45) is 1.75. The van der Waals surface area contributed by atoms with Gasteiger partial charge >= 0.3 is 0 Å². The van der Waals surface area contributed by atoms with E-state index < -0.39 is 10.0 Å². The van der Waals surface area contributed by atoms with Crippen LogP contribution in [0.5, 0.6) is 0 Å². The fraction of sp³-hybridized carbons (Fsp3) is 0.733. The lowest BCUT2D eigenvalue weighted by Gasteiger charge is -2.18. The van der Waals surface area contributed by atoms with Crippen molar-refractivity contribution in [2.75, 3.05) is 20.1 Å². The Hall–Kier alpha value is -0.850. The molecule has 6 heteroatoms. The number of hydrogen-bond donors (Lipinski definition) is 1. The topological polar surface area (TPSA) is 54.3 Å². The predicted octanol–water partition coefficient (Wildman–Crippen LogP) is 2.46. The Kier molecular flexibility index (Phi) is 6.43. The van der Waals surface area contributed by atoms with Crippen molar-refractivity contribution in [3.05, 3.63) is 18.0 Å². The van der Waals surface area contributed by atoms with Crippen LogP contribution in [0.1, 0.15) is 46.4 Å². The smallest absolute Gasteiger partial charge is 0.244 e. The summed E-state index contributed by atoms with van der Waals surface area (Å²) in [6, 6.07) is 2.02. The molecule has 122 valence electrons. The average Bonchev–Trinajstić information content (AvgIpc) is 2.80. The van der Waals surface area contributed by atoms with Gasteiger partial charge in [-0.2, -0.15) is 0 Å². The van der Waals surface area contributed by atoms with Crippen LogP contribution >= 0.6 is 0 Å². The van der Waals surface area contributed by atoms with E-state index in [0.29, 0.717) is 23.9 Å². The minimum absolute atomic E-state index is 0.234. The summed E-state index contributed by atoms with van der Waals surface area (Å²) in [5.41, 5.74) is 1.00. The van der Waals surface area contributed by atoms with Crippen LogP contribution in [0.15, 0.2) is 17.2 Å². The Morgan fingerprint density at radius 2 is 1.90 bits per heavy atom. The van der Waals surface area contributed by atoms with Crippen LogP contribution < -0.4 is 5.32 Å². The van der Waals surface area contributed by atoms with E-state index in [1.807, 2.05) is 25.3 Å². The largest absolute Gasteiger partial charge is 0.346 e. The van der Waals surface area contributed by atoms with Crippen LogP contribution in [-0.2, 0) is 16.6 Å². The average molecular weight is 315 g/mol. The van der Waals surface area contributed by atoms with Crippen LogP contribution in [0.2, 0.25) is 0 Å². The lowest BCUT2D eigenvalue weighted by Crippen LogP contribution is -2.30. The molecule has 0 aliphatic rings. The molecule has 0 bridgehead atoms. The summed E-state index contributed by atoms with van der Waals surface area (Å²) in [4.78, 5) is 0.382. The molecule has 0 spiro atoms. The molecule has 1 heterocycles. The Labute approximate surface area is 129 Å². The first-order valence-electron chi connectivity index (χ1n) is 7.57. The van der Waals surface area contributed by atoms with Crippen molar-refractivity contribution in [3.63, 3.8) is 0 Å². The molecule has 5 nitrogen and oxygen atoms in total. The molecular formula is C15H29N3O2S. The van der Waals surface area contributed by atoms with Crippen molar-refractivity contribution in [3.8, 4) is 0 Å². The van der Waals surface area contributed by atoms with Gasteiger partial charge < -0.3 is 9.88 Å². The van der Waals surface area contributed by atoms with E-state index in [-0.39, 0.29) is 6.04 Å². The van der Waals surface area contributed by atoms with Gasteiger partial charge in [-0.3, -0.25) is 0 Å². The first-order valence-corrected chi connectivity index (χ1v) is 9.01. The van der Waals surface area contributed by atoms with E-state index in [4.69, 9.17) is 0 Å². The summed E-state index contributed by atoms with van der Waals surface area (Å²) in [5, 5.41) is 3.26. The fourth-order valence-electron chi connectivity index (χ4n) is 2.31. The first-order chi connectivity index (χ1) is 9.70. The van der Waals surface area contributed by atoms with E-state index in [0.717, 1.165) is 12.2 Å². The van der Waals surface area contributed by atoms with Crippen molar-refractivity contribution in [1.29, 1.82) is 0 Å². The SMILES string of the molecule is CCNCc1cc(S(=O)(=O)N(C)CC(C)C)cn1C(C)C. The van der Waals surface area contributed by atoms with Crippen LogP contribution in [0.4, 0.5) is 0 Å². The zero-order valence-electron chi connectivity index (χ0n) is 14.0. The fourth-order valence-corrected chi connectivity index (χ4v) is 3.69. The summed E-state index contributed by atoms with van der Waals surface area (Å²) in [5.74, 6) is 0.304. The Morgan fingerprint density at radius 1 is 1.29 bits per heavy atom. The Morgan fingerprint density at radius 3 is 2.38 bits per heavy atom. The summed E-state index contributed by atoms with van der Waals surface area (Å²) in [7, 11) is -1.76. The monoisotopic (exact) mass is 315 g/mol. The molecular weight excluding hydrogens is 286 g/mol. The van der Waals surface area contributed by atoms with Crippen molar-refractivity contribution < 1.29 is 8.42 Å². The maximum absolute atomic E-state index is 12.6. The molecule has 0 amide bonds. The molecule has 0 saturated heterocycles. The van der Waals surface area contributed by atoms with Crippen LogP contribution in [0.3, 0.4) is 0 Å². The molecule has 1 N–H and O–H groups in total. The molecule has 0 unspecified atom stereocenters. The van der Waals surface area contributed by atoms with Crippen LogP contribution in [-0.4, -0.2) is 37.4 Å². The molecule has 0 aliphatic carbocycles. The zero-order chi connectivity index (χ0) is 16.2. The summed E-state index contributed by atoms with van der Waals surface area (Å²) >= 11 is 0. The summed E-state index contributed by atoms with van der Waals surface area (Å²) in [6.45, 7) is 12.3. The van der Waals surface area contributed by atoms with Gasteiger partial charge in [0.1, 0.15) is 4.90 Å². The molecule has 1 aromatic rings. The van der Waals surface area contributed by atoms with E-state index in [1.54, 1.807) is 19.3 Å². The van der Waals surface area contributed by atoms with Gasteiger partial charge in [-0.15, -0.1) is 0 Å². The normalized spacial score (nSPS) is 12.8. The maximum Gasteiger partial charge on any atom is 0.244 e. The number of nitrogens with zero attached hydrogens (tertiary/aromatic N) is 2. The van der Waals surface area contributed by atoms with Gasteiger partial charge in [0.25, 0.3) is 0 Å². The third-order valence-corrected chi connectivity index (χ3v) is 5.14. The quantitative estimate of drug-likeness (QED) is 0.802. The zero-order valence-corrected chi connectivity index (χ0v) is 14.9. The van der Waals surface area contributed by atoms with Gasteiger partial charge in [-0.1, -0.05) is 20.8 Å². The Bertz CT molecular complexity index is 547. The Balaban J connectivity index is 3.12. The highest BCUT2D eigenvalue weighted by atomic mass is 32.2. The number of aromatic nitrogens is 1. The van der Waals surface area contributed by atoms with Crippen LogP contribution in [0.25, 0.3) is 0 Å². The molecule has 0 saturated carbocycles. The highest BCUT2D eigenvalue weighted by molar-refractivity contribution is 7.89. The third-order valence-electron chi connectivity index (χ3n) is 3.35. The second-order valence-electron chi connectivity index (χ2n) is 6.13. The first kappa shape index (κ1) is 18.2. The maximum atomic E-state index is 12.6. The minimum atomic E-state index is -3.41. The molecule has 0 radical (unpaired) electrons. The third kappa shape index (κ3) is 4.56. The van der Waals surface area contributed by atoms with Gasteiger partial charge in [0.15, 0.2) is 0 Å². The highest BCUT2D eigenvalue weighted by Gasteiger charge is 2.24. The lowest BCUT2D eigenvalue weighted by molar-refractivity contribution is 0.417. The van der Waals surface area contributed by atoms with Crippen molar-refractivity contribution in [2.24, 2.45) is 5.92 Å². The lowest BCUT2D eigenvalue weighted by atomic mass is 10.2. The standard InChI is InChI=1S/C15H29N3O2S/c1-7-16-9-14-8-15(11-18(14)13(4)5)21(19,20)17(6)10-12(2)3/h8,11-13,16H,7,9-10H2,1-6H3. The molecule has 0 atom stereocenters. The molecule has 0 aromatic carbocycles. The van der Waals surface area contributed by atoms with Crippen LogP contribution in [0, 0.1) is 5.92 Å². The van der Waals surface area contributed by atoms with Gasteiger partial charge in [0.05, 0.1) is 0 Å². The minimum Gasteiger partial charge on any atom is -0.346 e. The summed E-state index contributed by atoms with van der Waals surface area (Å²) < 4.78 is 28.7. The number of hydrogen-bond acceptors (Lipinski definition) is 3. The van der Waals surface area contributed by atoms with Gasteiger partial charge in [-0.25, -0.2) is 12.7 Å². The van der Waals surface area contributed by atoms with E-state index >= 15 is 0 Å².